The number of carbonyl (C=O) groups is 1. The molecule has 0 spiro atoms. The maximum absolute atomic E-state index is 11.7. The molecule has 0 saturated carbocycles. The minimum Gasteiger partial charge on any atom is -0.493 e. The van der Waals surface area contributed by atoms with Crippen LogP contribution in [0.25, 0.3) is 6.08 Å². The summed E-state index contributed by atoms with van der Waals surface area (Å²) in [6.45, 7) is 0.336. The van der Waals surface area contributed by atoms with E-state index in [2.05, 4.69) is 5.32 Å². The summed E-state index contributed by atoms with van der Waals surface area (Å²) in [5.41, 5.74) is 1.72. The molecule has 0 unspecified atom stereocenters. The molecule has 1 aliphatic rings. The van der Waals surface area contributed by atoms with Crippen molar-refractivity contribution in [2.75, 3.05) is 7.11 Å². The number of nitrogens with one attached hydrogen (secondary N) is 1. The molecule has 1 fully saturated rings. The number of halogens is 1. The van der Waals surface area contributed by atoms with E-state index in [4.69, 9.17) is 33.3 Å². The summed E-state index contributed by atoms with van der Waals surface area (Å²) in [4.78, 5) is 12.3. The fourth-order valence-electron chi connectivity index (χ4n) is 2.24. The Balaban J connectivity index is 1.78. The number of benzene rings is 2. The molecule has 2 aromatic rings. The zero-order chi connectivity index (χ0) is 17.8. The van der Waals surface area contributed by atoms with Crippen molar-refractivity contribution in [3.63, 3.8) is 0 Å². The number of rotatable bonds is 5. The van der Waals surface area contributed by atoms with Gasteiger partial charge in [0.05, 0.1) is 12.0 Å². The van der Waals surface area contributed by atoms with Crippen LogP contribution in [0.15, 0.2) is 47.4 Å². The van der Waals surface area contributed by atoms with E-state index in [1.807, 2.05) is 36.4 Å². The molecule has 25 heavy (non-hydrogen) atoms. The van der Waals surface area contributed by atoms with Crippen molar-refractivity contribution in [3.8, 4) is 11.5 Å². The molecule has 0 aromatic heterocycles. The maximum atomic E-state index is 11.7. The van der Waals surface area contributed by atoms with Crippen LogP contribution in [0.3, 0.4) is 0 Å². The van der Waals surface area contributed by atoms with Crippen LogP contribution in [0.4, 0.5) is 0 Å². The Morgan fingerprint density at radius 3 is 2.72 bits per heavy atom. The van der Waals surface area contributed by atoms with Crippen LogP contribution < -0.4 is 14.8 Å². The van der Waals surface area contributed by atoms with Gasteiger partial charge in [0.15, 0.2) is 11.5 Å². The van der Waals surface area contributed by atoms with Gasteiger partial charge in [-0.2, -0.15) is 0 Å². The lowest BCUT2D eigenvalue weighted by Gasteiger charge is -2.12. The highest BCUT2D eigenvalue weighted by molar-refractivity contribution is 8.26. The predicted molar refractivity (Wildman–Crippen MR) is 105 cm³/mol. The average Bonchev–Trinajstić information content (AvgIpc) is 2.92. The van der Waals surface area contributed by atoms with E-state index in [0.717, 1.165) is 11.1 Å². The Bertz CT molecular complexity index is 867. The molecule has 2 aromatic carbocycles. The Morgan fingerprint density at radius 1 is 1.24 bits per heavy atom. The summed E-state index contributed by atoms with van der Waals surface area (Å²) in [5, 5.41) is 3.25. The molecule has 4 nitrogen and oxygen atoms in total. The number of thioether (sulfide) groups is 1. The van der Waals surface area contributed by atoms with Gasteiger partial charge in [0.25, 0.3) is 5.91 Å². The minimum atomic E-state index is -0.187. The molecular formula is C18H14ClNO3S2. The minimum absolute atomic E-state index is 0.187. The van der Waals surface area contributed by atoms with E-state index in [-0.39, 0.29) is 5.91 Å². The van der Waals surface area contributed by atoms with Gasteiger partial charge in [0, 0.05) is 10.6 Å². The smallest absolute Gasteiger partial charge is 0.263 e. The van der Waals surface area contributed by atoms with Crippen molar-refractivity contribution >= 4 is 51.9 Å². The molecule has 128 valence electrons. The van der Waals surface area contributed by atoms with Gasteiger partial charge < -0.3 is 14.8 Å². The standard InChI is InChI=1S/C18H14ClNO3S2/c1-22-15-8-11(9-16-17(21)20-18(24)25-16)6-7-14(15)23-10-12-4-2-3-5-13(12)19/h2-9H,10H2,1H3,(H,20,21,24)/b16-9+. The molecular weight excluding hydrogens is 378 g/mol. The second kappa shape index (κ2) is 7.91. The van der Waals surface area contributed by atoms with Crippen molar-refractivity contribution in [2.45, 2.75) is 6.61 Å². The largest absolute Gasteiger partial charge is 0.493 e. The third-order valence-corrected chi connectivity index (χ3v) is 5.00. The molecule has 0 radical (unpaired) electrons. The summed E-state index contributed by atoms with van der Waals surface area (Å²) in [6.07, 6.45) is 1.76. The number of methoxy groups -OCH3 is 1. The number of carbonyl (C=O) groups excluding carboxylic acids is 1. The molecule has 1 heterocycles. The predicted octanol–water partition coefficient (Wildman–Crippen LogP) is 4.42. The highest BCUT2D eigenvalue weighted by Crippen LogP contribution is 2.32. The Hall–Kier alpha value is -2.02. The number of hydrogen-bond donors (Lipinski definition) is 1. The molecule has 1 aliphatic heterocycles. The van der Waals surface area contributed by atoms with E-state index in [1.165, 1.54) is 11.8 Å². The zero-order valence-corrected chi connectivity index (χ0v) is 15.6. The number of thiocarbonyl (C=S) groups is 1. The monoisotopic (exact) mass is 391 g/mol. The first-order chi connectivity index (χ1) is 12.1. The number of amides is 1. The lowest BCUT2D eigenvalue weighted by Crippen LogP contribution is -2.17. The van der Waals surface area contributed by atoms with Crippen molar-refractivity contribution in [1.29, 1.82) is 0 Å². The van der Waals surface area contributed by atoms with Gasteiger partial charge in [0.1, 0.15) is 10.9 Å². The van der Waals surface area contributed by atoms with Crippen molar-refractivity contribution < 1.29 is 14.3 Å². The summed E-state index contributed by atoms with van der Waals surface area (Å²) in [7, 11) is 1.57. The van der Waals surface area contributed by atoms with Gasteiger partial charge in [-0.15, -0.1) is 0 Å². The van der Waals surface area contributed by atoms with Crippen LogP contribution >= 0.6 is 35.6 Å². The van der Waals surface area contributed by atoms with Crippen LogP contribution in [0, 0.1) is 0 Å². The summed E-state index contributed by atoms with van der Waals surface area (Å²) in [6, 6.07) is 13.0. The topological polar surface area (TPSA) is 47.6 Å². The Labute approximate surface area is 160 Å². The summed E-state index contributed by atoms with van der Waals surface area (Å²) >= 11 is 12.4. The molecule has 0 aliphatic carbocycles. The number of ether oxygens (including phenoxy) is 2. The third kappa shape index (κ3) is 4.34. The Kier molecular flexibility index (Phi) is 5.63. The van der Waals surface area contributed by atoms with Gasteiger partial charge in [-0.25, -0.2) is 0 Å². The first kappa shape index (κ1) is 17.8. The SMILES string of the molecule is COc1cc(/C=C2/SC(=S)NC2=O)ccc1OCc1ccccc1Cl. The van der Waals surface area contributed by atoms with E-state index in [0.29, 0.717) is 32.4 Å². The van der Waals surface area contributed by atoms with Crippen LogP contribution in [0.2, 0.25) is 5.02 Å². The Morgan fingerprint density at radius 2 is 2.04 bits per heavy atom. The van der Waals surface area contributed by atoms with Crippen LogP contribution in [-0.4, -0.2) is 17.3 Å². The fourth-order valence-corrected chi connectivity index (χ4v) is 3.47. The molecule has 0 bridgehead atoms. The first-order valence-electron chi connectivity index (χ1n) is 7.36. The van der Waals surface area contributed by atoms with Crippen molar-refractivity contribution in [3.05, 3.63) is 63.5 Å². The zero-order valence-electron chi connectivity index (χ0n) is 13.2. The van der Waals surface area contributed by atoms with Gasteiger partial charge in [0.2, 0.25) is 0 Å². The quantitative estimate of drug-likeness (QED) is 0.604. The van der Waals surface area contributed by atoms with Gasteiger partial charge in [-0.1, -0.05) is 59.8 Å². The average molecular weight is 392 g/mol. The molecule has 1 saturated heterocycles. The highest BCUT2D eigenvalue weighted by atomic mass is 35.5. The van der Waals surface area contributed by atoms with Crippen molar-refractivity contribution in [1.82, 2.24) is 5.32 Å². The molecule has 1 N–H and O–H groups in total. The van der Waals surface area contributed by atoms with E-state index < -0.39 is 0 Å². The number of hydrogen-bond acceptors (Lipinski definition) is 5. The normalized spacial score (nSPS) is 15.4. The summed E-state index contributed by atoms with van der Waals surface area (Å²) in [5.74, 6) is 0.990. The molecule has 0 atom stereocenters. The lowest BCUT2D eigenvalue weighted by atomic mass is 10.2. The molecule has 3 rings (SSSR count). The van der Waals surface area contributed by atoms with Crippen LogP contribution in [0.1, 0.15) is 11.1 Å². The van der Waals surface area contributed by atoms with E-state index in [9.17, 15) is 4.79 Å². The molecule has 7 heteroatoms. The van der Waals surface area contributed by atoms with Gasteiger partial charge in [-0.3, -0.25) is 4.79 Å². The van der Waals surface area contributed by atoms with Crippen LogP contribution in [-0.2, 0) is 11.4 Å². The second-order valence-corrected chi connectivity index (χ2v) is 7.27. The maximum Gasteiger partial charge on any atom is 0.263 e. The van der Waals surface area contributed by atoms with Gasteiger partial charge in [-0.05, 0) is 29.8 Å². The van der Waals surface area contributed by atoms with Crippen LogP contribution in [0.5, 0.6) is 11.5 Å². The molecule has 1 amide bonds. The highest BCUT2D eigenvalue weighted by Gasteiger charge is 2.22. The first-order valence-corrected chi connectivity index (χ1v) is 8.96. The summed E-state index contributed by atoms with van der Waals surface area (Å²) < 4.78 is 11.7. The second-order valence-electron chi connectivity index (χ2n) is 5.14. The lowest BCUT2D eigenvalue weighted by molar-refractivity contribution is -0.115. The van der Waals surface area contributed by atoms with Gasteiger partial charge >= 0.3 is 0 Å². The van der Waals surface area contributed by atoms with Crippen molar-refractivity contribution in [2.24, 2.45) is 0 Å². The van der Waals surface area contributed by atoms with E-state index in [1.54, 1.807) is 19.3 Å². The third-order valence-electron chi connectivity index (χ3n) is 3.47. The van der Waals surface area contributed by atoms with E-state index >= 15 is 0 Å². The fraction of sp³-hybridized carbons (Fsp3) is 0.111.